The maximum absolute atomic E-state index is 13.0. The van der Waals surface area contributed by atoms with Crippen LogP contribution < -0.4 is 5.73 Å². The van der Waals surface area contributed by atoms with Gasteiger partial charge in [0.25, 0.3) is 0 Å². The average molecular weight is 266 g/mol. The van der Waals surface area contributed by atoms with Crippen LogP contribution in [0.25, 0.3) is 0 Å². The highest BCUT2D eigenvalue weighted by Crippen LogP contribution is 2.19. The van der Waals surface area contributed by atoms with E-state index in [0.717, 1.165) is 5.56 Å². The zero-order valence-electron chi connectivity index (χ0n) is 11.9. The molecule has 0 bridgehead atoms. The van der Waals surface area contributed by atoms with E-state index in [4.69, 9.17) is 5.73 Å². The minimum absolute atomic E-state index is 0.0758. The standard InChI is InChI=1S/C15H23FN2O/c1-15(2,11-17)10-14(19)18(3)8-7-12-5-4-6-13(16)9-12/h4-6,9H,7-8,10-11,17H2,1-3H3. The van der Waals surface area contributed by atoms with Crippen LogP contribution in [0, 0.1) is 11.2 Å². The summed E-state index contributed by atoms with van der Waals surface area (Å²) >= 11 is 0. The quantitative estimate of drug-likeness (QED) is 0.858. The first-order valence-corrected chi connectivity index (χ1v) is 6.52. The lowest BCUT2D eigenvalue weighted by Gasteiger charge is -2.25. The molecule has 0 heterocycles. The van der Waals surface area contributed by atoms with Gasteiger partial charge in [0.15, 0.2) is 0 Å². The number of nitrogens with zero attached hydrogens (tertiary/aromatic N) is 1. The minimum Gasteiger partial charge on any atom is -0.345 e. The van der Waals surface area contributed by atoms with Crippen LogP contribution in [-0.2, 0) is 11.2 Å². The lowest BCUT2D eigenvalue weighted by atomic mass is 9.89. The van der Waals surface area contributed by atoms with Crippen molar-refractivity contribution in [3.8, 4) is 0 Å². The first-order valence-electron chi connectivity index (χ1n) is 6.52. The predicted octanol–water partition coefficient (Wildman–Crippen LogP) is 2.20. The molecule has 0 spiro atoms. The largest absolute Gasteiger partial charge is 0.345 e. The summed E-state index contributed by atoms with van der Waals surface area (Å²) in [4.78, 5) is 13.7. The highest BCUT2D eigenvalue weighted by molar-refractivity contribution is 5.76. The normalized spacial score (nSPS) is 11.4. The van der Waals surface area contributed by atoms with Crippen molar-refractivity contribution in [1.82, 2.24) is 4.90 Å². The van der Waals surface area contributed by atoms with Crippen LogP contribution >= 0.6 is 0 Å². The highest BCUT2D eigenvalue weighted by atomic mass is 19.1. The Labute approximate surface area is 114 Å². The number of rotatable bonds is 6. The number of hydrogen-bond donors (Lipinski definition) is 1. The first kappa shape index (κ1) is 15.6. The van der Waals surface area contributed by atoms with Gasteiger partial charge in [-0.15, -0.1) is 0 Å². The molecule has 106 valence electrons. The van der Waals surface area contributed by atoms with Crippen molar-refractivity contribution in [2.24, 2.45) is 11.1 Å². The summed E-state index contributed by atoms with van der Waals surface area (Å²) in [6, 6.07) is 6.47. The summed E-state index contributed by atoms with van der Waals surface area (Å²) in [6.45, 7) is 5.02. The van der Waals surface area contributed by atoms with Crippen LogP contribution in [0.4, 0.5) is 4.39 Å². The van der Waals surface area contributed by atoms with Crippen molar-refractivity contribution in [3.05, 3.63) is 35.6 Å². The maximum atomic E-state index is 13.0. The SMILES string of the molecule is CN(CCc1cccc(F)c1)C(=O)CC(C)(C)CN. The molecule has 0 aliphatic carbocycles. The Morgan fingerprint density at radius 2 is 2.11 bits per heavy atom. The molecular weight excluding hydrogens is 243 g/mol. The summed E-state index contributed by atoms with van der Waals surface area (Å²) in [5.41, 5.74) is 6.35. The number of likely N-dealkylation sites (N-methyl/N-ethyl adjacent to an activating group) is 1. The fourth-order valence-corrected chi connectivity index (χ4v) is 1.73. The van der Waals surface area contributed by atoms with Crippen LogP contribution in [0.1, 0.15) is 25.8 Å². The predicted molar refractivity (Wildman–Crippen MR) is 75.2 cm³/mol. The molecule has 0 unspecified atom stereocenters. The Balaban J connectivity index is 2.47. The van der Waals surface area contributed by atoms with Gasteiger partial charge in [-0.3, -0.25) is 4.79 Å². The molecule has 1 amide bonds. The van der Waals surface area contributed by atoms with E-state index in [2.05, 4.69) is 0 Å². The third-order valence-corrected chi connectivity index (χ3v) is 3.23. The van der Waals surface area contributed by atoms with Gasteiger partial charge in [0.1, 0.15) is 5.82 Å². The molecule has 0 aliphatic rings. The van der Waals surface area contributed by atoms with E-state index in [0.29, 0.717) is 25.9 Å². The van der Waals surface area contributed by atoms with Crippen LogP contribution in [0.15, 0.2) is 24.3 Å². The van der Waals surface area contributed by atoms with Crippen molar-refractivity contribution in [2.75, 3.05) is 20.1 Å². The van der Waals surface area contributed by atoms with Crippen LogP contribution in [0.3, 0.4) is 0 Å². The second-order valence-corrected chi connectivity index (χ2v) is 5.74. The fourth-order valence-electron chi connectivity index (χ4n) is 1.73. The van der Waals surface area contributed by atoms with Crippen LogP contribution in [0.5, 0.6) is 0 Å². The van der Waals surface area contributed by atoms with Gasteiger partial charge in [0.2, 0.25) is 5.91 Å². The Morgan fingerprint density at radius 1 is 1.42 bits per heavy atom. The van der Waals surface area contributed by atoms with Gasteiger partial charge >= 0.3 is 0 Å². The van der Waals surface area contributed by atoms with E-state index in [1.54, 1.807) is 18.0 Å². The van der Waals surface area contributed by atoms with Crippen molar-refractivity contribution >= 4 is 5.91 Å². The molecule has 0 atom stereocenters. The number of carbonyl (C=O) groups is 1. The van der Waals surface area contributed by atoms with E-state index in [1.165, 1.54) is 12.1 Å². The van der Waals surface area contributed by atoms with Gasteiger partial charge in [0.05, 0.1) is 0 Å². The number of nitrogens with two attached hydrogens (primary N) is 1. The second-order valence-electron chi connectivity index (χ2n) is 5.74. The summed E-state index contributed by atoms with van der Waals surface area (Å²) in [5, 5.41) is 0. The van der Waals surface area contributed by atoms with E-state index in [1.807, 2.05) is 19.9 Å². The Morgan fingerprint density at radius 3 is 2.68 bits per heavy atom. The van der Waals surface area contributed by atoms with E-state index in [-0.39, 0.29) is 17.1 Å². The van der Waals surface area contributed by atoms with Crippen LogP contribution in [-0.4, -0.2) is 30.9 Å². The molecule has 2 N–H and O–H groups in total. The Hall–Kier alpha value is -1.42. The molecule has 3 nitrogen and oxygen atoms in total. The van der Waals surface area contributed by atoms with E-state index >= 15 is 0 Å². The molecule has 1 aromatic rings. The molecular formula is C15H23FN2O. The van der Waals surface area contributed by atoms with Crippen molar-refractivity contribution in [2.45, 2.75) is 26.7 Å². The van der Waals surface area contributed by atoms with Crippen molar-refractivity contribution in [1.29, 1.82) is 0 Å². The van der Waals surface area contributed by atoms with Crippen molar-refractivity contribution < 1.29 is 9.18 Å². The summed E-state index contributed by atoms with van der Waals surface area (Å²) < 4.78 is 13.0. The lowest BCUT2D eigenvalue weighted by Crippen LogP contribution is -2.35. The number of amides is 1. The zero-order valence-corrected chi connectivity index (χ0v) is 11.9. The Kier molecular flexibility index (Phi) is 5.48. The molecule has 0 radical (unpaired) electrons. The number of benzene rings is 1. The van der Waals surface area contributed by atoms with E-state index < -0.39 is 0 Å². The van der Waals surface area contributed by atoms with Gasteiger partial charge in [-0.05, 0) is 36.1 Å². The fraction of sp³-hybridized carbons (Fsp3) is 0.533. The molecule has 0 aliphatic heterocycles. The minimum atomic E-state index is -0.240. The zero-order chi connectivity index (χ0) is 14.5. The summed E-state index contributed by atoms with van der Waals surface area (Å²) in [5.74, 6) is -0.164. The van der Waals surface area contributed by atoms with Crippen LogP contribution in [0.2, 0.25) is 0 Å². The number of halogens is 1. The summed E-state index contributed by atoms with van der Waals surface area (Å²) in [6.07, 6.45) is 1.09. The molecule has 4 heteroatoms. The van der Waals surface area contributed by atoms with Gasteiger partial charge < -0.3 is 10.6 Å². The van der Waals surface area contributed by atoms with Crippen molar-refractivity contribution in [3.63, 3.8) is 0 Å². The smallest absolute Gasteiger partial charge is 0.222 e. The molecule has 0 fully saturated rings. The first-order chi connectivity index (χ1) is 8.84. The molecule has 0 saturated carbocycles. The monoisotopic (exact) mass is 266 g/mol. The second kappa shape index (κ2) is 6.66. The maximum Gasteiger partial charge on any atom is 0.222 e. The number of hydrogen-bond acceptors (Lipinski definition) is 2. The van der Waals surface area contributed by atoms with E-state index in [9.17, 15) is 9.18 Å². The highest BCUT2D eigenvalue weighted by Gasteiger charge is 2.22. The third-order valence-electron chi connectivity index (χ3n) is 3.23. The third kappa shape index (κ3) is 5.39. The lowest BCUT2D eigenvalue weighted by molar-refractivity contribution is -0.131. The molecule has 1 rings (SSSR count). The molecule has 0 aromatic heterocycles. The molecule has 0 saturated heterocycles. The number of carbonyl (C=O) groups excluding carboxylic acids is 1. The summed E-state index contributed by atoms with van der Waals surface area (Å²) in [7, 11) is 1.77. The van der Waals surface area contributed by atoms with Gasteiger partial charge in [0, 0.05) is 20.0 Å². The van der Waals surface area contributed by atoms with Gasteiger partial charge in [-0.25, -0.2) is 4.39 Å². The van der Waals surface area contributed by atoms with Gasteiger partial charge in [-0.1, -0.05) is 26.0 Å². The van der Waals surface area contributed by atoms with Gasteiger partial charge in [-0.2, -0.15) is 0 Å². The Bertz CT molecular complexity index is 432. The topological polar surface area (TPSA) is 46.3 Å². The molecule has 19 heavy (non-hydrogen) atoms. The average Bonchev–Trinajstić information content (AvgIpc) is 2.35. The molecule has 1 aromatic carbocycles.